The van der Waals surface area contributed by atoms with Crippen molar-refractivity contribution in [1.29, 1.82) is 0 Å². The molecule has 1 aromatic heterocycles. The molecular weight excluding hydrogens is 170 g/mol. The van der Waals surface area contributed by atoms with Crippen molar-refractivity contribution in [2.75, 3.05) is 19.0 Å². The van der Waals surface area contributed by atoms with E-state index in [0.29, 0.717) is 11.5 Å². The van der Waals surface area contributed by atoms with E-state index in [0.717, 1.165) is 6.54 Å². The van der Waals surface area contributed by atoms with Crippen LogP contribution in [0.5, 0.6) is 0 Å². The summed E-state index contributed by atoms with van der Waals surface area (Å²) in [7, 11) is 1.32. The quantitative estimate of drug-likeness (QED) is 0.695. The number of nitrogens with one attached hydrogen (secondary N) is 1. The van der Waals surface area contributed by atoms with Crippen LogP contribution in [-0.2, 0) is 4.74 Å². The molecule has 1 aromatic rings. The van der Waals surface area contributed by atoms with Crippen LogP contribution in [-0.4, -0.2) is 29.6 Å². The first-order valence-electron chi connectivity index (χ1n) is 3.92. The Bertz CT molecular complexity index is 284. The number of nitrogens with zero attached hydrogens (tertiary/aromatic N) is 2. The van der Waals surface area contributed by atoms with Crippen molar-refractivity contribution in [2.24, 2.45) is 0 Å². The van der Waals surface area contributed by atoms with Gasteiger partial charge in [-0.3, -0.25) is 0 Å². The van der Waals surface area contributed by atoms with Gasteiger partial charge >= 0.3 is 5.97 Å². The smallest absolute Gasteiger partial charge is 0.341 e. The van der Waals surface area contributed by atoms with Gasteiger partial charge in [0.25, 0.3) is 0 Å². The fourth-order valence-electron chi connectivity index (χ4n) is 0.801. The molecule has 1 rings (SSSR count). The number of methoxy groups -OCH3 is 1. The highest BCUT2D eigenvalue weighted by Gasteiger charge is 2.05. The second-order valence-electron chi connectivity index (χ2n) is 2.32. The summed E-state index contributed by atoms with van der Waals surface area (Å²) in [5.74, 6) is 0.0817. The highest BCUT2D eigenvalue weighted by molar-refractivity contribution is 5.88. The average molecular weight is 181 g/mol. The lowest BCUT2D eigenvalue weighted by Crippen LogP contribution is -2.06. The molecule has 0 aliphatic rings. The predicted octanol–water partition coefficient (Wildman–Crippen LogP) is 0.695. The van der Waals surface area contributed by atoms with Crippen molar-refractivity contribution in [3.8, 4) is 0 Å². The lowest BCUT2D eigenvalue weighted by Gasteiger charge is -2.01. The van der Waals surface area contributed by atoms with Crippen molar-refractivity contribution in [3.05, 3.63) is 18.0 Å². The second-order valence-corrected chi connectivity index (χ2v) is 2.32. The van der Waals surface area contributed by atoms with E-state index < -0.39 is 5.97 Å². The van der Waals surface area contributed by atoms with Crippen molar-refractivity contribution >= 4 is 11.9 Å². The molecule has 70 valence electrons. The fourth-order valence-corrected chi connectivity index (χ4v) is 0.801. The summed E-state index contributed by atoms with van der Waals surface area (Å²) in [4.78, 5) is 18.8. The molecule has 0 saturated heterocycles. The number of aromatic nitrogens is 2. The normalized spacial score (nSPS) is 9.38. The van der Waals surface area contributed by atoms with Crippen LogP contribution < -0.4 is 5.32 Å². The Morgan fingerprint density at radius 3 is 2.62 bits per heavy atom. The van der Waals surface area contributed by atoms with Crippen molar-refractivity contribution in [2.45, 2.75) is 6.92 Å². The van der Waals surface area contributed by atoms with Crippen molar-refractivity contribution < 1.29 is 9.53 Å². The Hall–Kier alpha value is -1.65. The van der Waals surface area contributed by atoms with E-state index in [1.54, 1.807) is 0 Å². The van der Waals surface area contributed by atoms with Crippen LogP contribution in [0.3, 0.4) is 0 Å². The zero-order valence-corrected chi connectivity index (χ0v) is 7.57. The number of hydrogen-bond acceptors (Lipinski definition) is 5. The van der Waals surface area contributed by atoms with Gasteiger partial charge in [0.05, 0.1) is 12.7 Å². The summed E-state index contributed by atoms with van der Waals surface area (Å²) in [5.41, 5.74) is 0.351. The minimum Gasteiger partial charge on any atom is -0.465 e. The highest BCUT2D eigenvalue weighted by Crippen LogP contribution is 2.00. The van der Waals surface area contributed by atoms with E-state index in [9.17, 15) is 4.79 Å². The van der Waals surface area contributed by atoms with Gasteiger partial charge in [-0.25, -0.2) is 14.8 Å². The van der Waals surface area contributed by atoms with Crippen LogP contribution in [0.2, 0.25) is 0 Å². The van der Waals surface area contributed by atoms with Crippen LogP contribution in [0, 0.1) is 0 Å². The van der Waals surface area contributed by atoms with Crippen LogP contribution in [0.25, 0.3) is 0 Å². The Morgan fingerprint density at radius 2 is 2.15 bits per heavy atom. The number of anilines is 1. The number of esters is 1. The van der Waals surface area contributed by atoms with Gasteiger partial charge in [-0.05, 0) is 6.92 Å². The van der Waals surface area contributed by atoms with E-state index in [1.165, 1.54) is 19.5 Å². The third-order valence-corrected chi connectivity index (χ3v) is 1.41. The molecule has 0 aliphatic carbocycles. The van der Waals surface area contributed by atoms with Gasteiger partial charge in [-0.15, -0.1) is 0 Å². The molecule has 1 N–H and O–H groups in total. The Morgan fingerprint density at radius 1 is 1.54 bits per heavy atom. The molecule has 5 nitrogen and oxygen atoms in total. The molecule has 5 heteroatoms. The molecule has 0 atom stereocenters. The largest absolute Gasteiger partial charge is 0.465 e. The second kappa shape index (κ2) is 4.39. The van der Waals surface area contributed by atoms with Crippen LogP contribution in [0.15, 0.2) is 12.4 Å². The molecule has 0 aromatic carbocycles. The number of carbonyl (C=O) groups is 1. The molecular formula is C8H11N3O2. The molecule has 0 unspecified atom stereocenters. The molecule has 0 fully saturated rings. The Labute approximate surface area is 76.2 Å². The maximum Gasteiger partial charge on any atom is 0.341 e. The lowest BCUT2D eigenvalue weighted by molar-refractivity contribution is 0.0600. The summed E-state index contributed by atoms with van der Waals surface area (Å²) in [6.07, 6.45) is 2.85. The molecule has 0 saturated carbocycles. The van der Waals surface area contributed by atoms with Crippen LogP contribution in [0.1, 0.15) is 17.3 Å². The minimum absolute atomic E-state index is 0.351. The number of hydrogen-bond donors (Lipinski definition) is 1. The summed E-state index contributed by atoms with van der Waals surface area (Å²) in [5, 5.41) is 2.92. The summed E-state index contributed by atoms with van der Waals surface area (Å²) in [6.45, 7) is 2.69. The molecule has 13 heavy (non-hydrogen) atoms. The first-order chi connectivity index (χ1) is 6.27. The van der Waals surface area contributed by atoms with Gasteiger partial charge in [-0.2, -0.15) is 0 Å². The molecule has 0 radical (unpaired) electrons. The van der Waals surface area contributed by atoms with Crippen molar-refractivity contribution in [3.63, 3.8) is 0 Å². The van der Waals surface area contributed by atoms with E-state index >= 15 is 0 Å². The molecule has 0 aliphatic heterocycles. The number of rotatable bonds is 3. The topological polar surface area (TPSA) is 64.1 Å². The van der Waals surface area contributed by atoms with Gasteiger partial charge in [-0.1, -0.05) is 0 Å². The predicted molar refractivity (Wildman–Crippen MR) is 47.5 cm³/mol. The van der Waals surface area contributed by atoms with Gasteiger partial charge in [0.2, 0.25) is 5.95 Å². The first kappa shape index (κ1) is 9.44. The zero-order chi connectivity index (χ0) is 9.68. The van der Waals surface area contributed by atoms with E-state index in [4.69, 9.17) is 0 Å². The van der Waals surface area contributed by atoms with E-state index in [-0.39, 0.29) is 0 Å². The first-order valence-corrected chi connectivity index (χ1v) is 3.92. The van der Waals surface area contributed by atoms with Gasteiger partial charge < -0.3 is 10.1 Å². The monoisotopic (exact) mass is 181 g/mol. The molecule has 0 bridgehead atoms. The lowest BCUT2D eigenvalue weighted by atomic mass is 10.3. The van der Waals surface area contributed by atoms with E-state index in [2.05, 4.69) is 20.0 Å². The van der Waals surface area contributed by atoms with Crippen molar-refractivity contribution in [1.82, 2.24) is 9.97 Å². The molecule has 0 amide bonds. The van der Waals surface area contributed by atoms with Gasteiger partial charge in [0.15, 0.2) is 0 Å². The minimum atomic E-state index is -0.428. The SMILES string of the molecule is CCNc1ncc(C(=O)OC)cn1. The van der Waals surface area contributed by atoms with E-state index in [1.807, 2.05) is 6.92 Å². The standard InChI is InChI=1S/C8H11N3O2/c1-3-9-8-10-4-6(5-11-8)7(12)13-2/h4-5H,3H2,1-2H3,(H,9,10,11). The average Bonchev–Trinajstić information content (AvgIpc) is 2.18. The third kappa shape index (κ3) is 2.40. The maximum absolute atomic E-state index is 11.0. The third-order valence-electron chi connectivity index (χ3n) is 1.41. The molecule has 0 spiro atoms. The summed E-state index contributed by atoms with van der Waals surface area (Å²) < 4.78 is 4.50. The fraction of sp³-hybridized carbons (Fsp3) is 0.375. The summed E-state index contributed by atoms with van der Waals surface area (Å²) in [6, 6.07) is 0. The highest BCUT2D eigenvalue weighted by atomic mass is 16.5. The number of carbonyl (C=O) groups excluding carboxylic acids is 1. The number of ether oxygens (including phenoxy) is 1. The maximum atomic E-state index is 11.0. The summed E-state index contributed by atoms with van der Waals surface area (Å²) >= 11 is 0. The van der Waals surface area contributed by atoms with Gasteiger partial charge in [0.1, 0.15) is 0 Å². The Kier molecular flexibility index (Phi) is 3.19. The molecule has 1 heterocycles. The zero-order valence-electron chi connectivity index (χ0n) is 7.57. The Balaban J connectivity index is 2.75. The van der Waals surface area contributed by atoms with Crippen LogP contribution in [0.4, 0.5) is 5.95 Å². The van der Waals surface area contributed by atoms with Gasteiger partial charge in [0, 0.05) is 18.9 Å². The van der Waals surface area contributed by atoms with Crippen LogP contribution >= 0.6 is 0 Å².